The van der Waals surface area contributed by atoms with Crippen molar-refractivity contribution < 1.29 is 42.1 Å². The quantitative estimate of drug-likeness (QED) is 0.247. The van der Waals surface area contributed by atoms with Gasteiger partial charge in [-0.25, -0.2) is 13.2 Å². The lowest BCUT2D eigenvalue weighted by atomic mass is 10.0. The highest BCUT2D eigenvalue weighted by atomic mass is 32.2. The van der Waals surface area contributed by atoms with E-state index >= 15 is 0 Å². The molecule has 1 heterocycles. The Labute approximate surface area is 300 Å². The van der Waals surface area contributed by atoms with Crippen LogP contribution in [0.2, 0.25) is 0 Å². The van der Waals surface area contributed by atoms with Crippen LogP contribution in [0.4, 0.5) is 16.2 Å². The summed E-state index contributed by atoms with van der Waals surface area (Å²) in [6.07, 6.45) is 1.38. The highest BCUT2D eigenvalue weighted by Crippen LogP contribution is 2.29. The van der Waals surface area contributed by atoms with E-state index in [0.29, 0.717) is 41.7 Å². The highest BCUT2D eigenvalue weighted by molar-refractivity contribution is 7.89. The van der Waals surface area contributed by atoms with Crippen LogP contribution >= 0.6 is 0 Å². The van der Waals surface area contributed by atoms with Crippen molar-refractivity contribution in [1.29, 1.82) is 0 Å². The molecule has 3 aromatic carbocycles. The summed E-state index contributed by atoms with van der Waals surface area (Å²) in [6, 6.07) is 16.8. The van der Waals surface area contributed by atoms with Crippen molar-refractivity contribution in [3.63, 3.8) is 0 Å². The minimum absolute atomic E-state index is 0.0402. The molecule has 0 aliphatic carbocycles. The van der Waals surface area contributed by atoms with Crippen LogP contribution in [-0.2, 0) is 14.8 Å². The molecule has 278 valence electrons. The summed E-state index contributed by atoms with van der Waals surface area (Å²) in [4.78, 5) is 29.0. The summed E-state index contributed by atoms with van der Waals surface area (Å²) in [5.41, 5.74) is 1.13. The summed E-state index contributed by atoms with van der Waals surface area (Å²) in [6.45, 7) is 5.82. The summed E-state index contributed by atoms with van der Waals surface area (Å²) in [7, 11) is 0.718. The first-order valence-corrected chi connectivity index (χ1v) is 18.5. The third-order valence-corrected chi connectivity index (χ3v) is 10.7. The van der Waals surface area contributed by atoms with Crippen molar-refractivity contribution in [2.24, 2.45) is 5.92 Å². The van der Waals surface area contributed by atoms with Gasteiger partial charge in [-0.15, -0.1) is 0 Å². The van der Waals surface area contributed by atoms with Crippen LogP contribution in [-0.4, -0.2) is 100 Å². The van der Waals surface area contributed by atoms with E-state index in [9.17, 15) is 23.1 Å². The van der Waals surface area contributed by atoms with Gasteiger partial charge in [-0.1, -0.05) is 6.92 Å². The summed E-state index contributed by atoms with van der Waals surface area (Å²) >= 11 is 0. The molecule has 0 bridgehead atoms. The van der Waals surface area contributed by atoms with Gasteiger partial charge in [0.15, 0.2) is 0 Å². The molecule has 13 nitrogen and oxygen atoms in total. The number of aliphatic hydroxyl groups excluding tert-OH is 1. The van der Waals surface area contributed by atoms with Gasteiger partial charge in [0.2, 0.25) is 10.0 Å². The molecule has 14 heteroatoms. The highest BCUT2D eigenvalue weighted by Gasteiger charge is 2.32. The number of ether oxygens (including phenoxy) is 4. The number of aliphatic hydroxyl groups is 1. The molecule has 3 amide bonds. The number of likely N-dealkylation sites (N-methyl/N-ethyl adjacent to an activating group) is 1. The van der Waals surface area contributed by atoms with Crippen molar-refractivity contribution in [2.45, 2.75) is 63.2 Å². The lowest BCUT2D eigenvalue weighted by Gasteiger charge is -2.35. The number of hydrogen-bond acceptors (Lipinski definition) is 9. The van der Waals surface area contributed by atoms with Crippen LogP contribution in [0.1, 0.15) is 50.4 Å². The van der Waals surface area contributed by atoms with E-state index in [1.165, 1.54) is 30.6 Å². The van der Waals surface area contributed by atoms with Gasteiger partial charge >= 0.3 is 6.03 Å². The molecule has 0 radical (unpaired) electrons. The van der Waals surface area contributed by atoms with Crippen LogP contribution in [0.5, 0.6) is 17.2 Å². The van der Waals surface area contributed by atoms with Crippen LogP contribution in [0.3, 0.4) is 0 Å². The maximum Gasteiger partial charge on any atom is 0.323 e. The topological polar surface area (TPSA) is 156 Å². The fourth-order valence-corrected chi connectivity index (χ4v) is 6.89. The first-order chi connectivity index (χ1) is 24.4. The minimum atomic E-state index is -3.86. The molecule has 0 aromatic heterocycles. The molecule has 1 aliphatic heterocycles. The van der Waals surface area contributed by atoms with E-state index in [1.807, 2.05) is 13.8 Å². The third kappa shape index (κ3) is 10.6. The van der Waals surface area contributed by atoms with Crippen LogP contribution in [0, 0.1) is 5.92 Å². The number of carbonyl (C=O) groups excluding carboxylic acids is 2. The number of nitrogens with one attached hydrogen (secondary N) is 2. The first kappa shape index (κ1) is 39.4. The molecule has 4 atom stereocenters. The van der Waals surface area contributed by atoms with Crippen LogP contribution in [0.25, 0.3) is 0 Å². The molecule has 0 unspecified atom stereocenters. The number of nitrogens with zero attached hydrogens (tertiary/aromatic N) is 2. The standard InChI is InChI=1S/C37H50N4O9S/c1-25-22-41(26(2)24-42)36(43)33-21-29(39-37(44)38-28-10-13-30(47-5)14-11-28)12-19-34(33)50-27(3)9-7-8-20-49-35(25)23-40(4)51(45,46)32-17-15-31(48-6)16-18-32/h10-19,21,25-27,35,42H,7-9,20,22-24H2,1-6H3,(H2,38,39,44)/t25-,26-,27+,35-/m0/s1. The number of fused-ring (bicyclic) bond motifs is 1. The lowest BCUT2D eigenvalue weighted by Crippen LogP contribution is -2.48. The number of benzene rings is 3. The van der Waals surface area contributed by atoms with Crippen molar-refractivity contribution in [2.75, 3.05) is 58.2 Å². The summed E-state index contributed by atoms with van der Waals surface area (Å²) in [5.74, 6) is 0.786. The van der Waals surface area contributed by atoms with E-state index in [2.05, 4.69) is 10.6 Å². The van der Waals surface area contributed by atoms with Crippen LogP contribution in [0.15, 0.2) is 71.6 Å². The van der Waals surface area contributed by atoms with Crippen molar-refractivity contribution in [3.05, 3.63) is 72.3 Å². The Balaban J connectivity index is 1.61. The molecule has 0 saturated heterocycles. The van der Waals surface area contributed by atoms with Gasteiger partial charge in [-0.05, 0) is 99.8 Å². The monoisotopic (exact) mass is 726 g/mol. The zero-order valence-corrected chi connectivity index (χ0v) is 30.9. The molecular formula is C37H50N4O9S. The Kier molecular flexibility index (Phi) is 14.1. The van der Waals surface area contributed by atoms with E-state index in [4.69, 9.17) is 18.9 Å². The van der Waals surface area contributed by atoms with Gasteiger partial charge in [-0.2, -0.15) is 4.31 Å². The number of rotatable bonds is 10. The SMILES string of the molecule is COc1ccc(NC(=O)Nc2ccc3c(c2)C(=O)N([C@@H](C)CO)C[C@H](C)[C@H](CN(C)S(=O)(=O)c2ccc(OC)cc2)OCCCC[C@@H](C)O3)cc1. The van der Waals surface area contributed by atoms with Gasteiger partial charge in [0.05, 0.1) is 49.5 Å². The summed E-state index contributed by atoms with van der Waals surface area (Å²) in [5, 5.41) is 15.8. The van der Waals surface area contributed by atoms with E-state index in [1.54, 1.807) is 73.5 Å². The molecule has 51 heavy (non-hydrogen) atoms. The number of sulfonamides is 1. The largest absolute Gasteiger partial charge is 0.497 e. The van der Waals surface area contributed by atoms with Gasteiger partial charge < -0.3 is 39.6 Å². The second-order valence-electron chi connectivity index (χ2n) is 12.8. The average Bonchev–Trinajstić information content (AvgIpc) is 3.12. The van der Waals surface area contributed by atoms with Crippen molar-refractivity contribution in [1.82, 2.24) is 9.21 Å². The number of anilines is 2. The normalized spacial score (nSPS) is 19.6. The van der Waals surface area contributed by atoms with Crippen molar-refractivity contribution >= 4 is 33.3 Å². The number of hydrogen-bond donors (Lipinski definition) is 3. The fourth-order valence-electron chi connectivity index (χ4n) is 5.71. The van der Waals surface area contributed by atoms with Gasteiger partial charge in [0.1, 0.15) is 17.2 Å². The predicted molar refractivity (Wildman–Crippen MR) is 195 cm³/mol. The average molecular weight is 727 g/mol. The Morgan fingerprint density at radius 3 is 2.22 bits per heavy atom. The number of urea groups is 1. The Morgan fingerprint density at radius 1 is 0.980 bits per heavy atom. The van der Waals surface area contributed by atoms with Gasteiger partial charge in [0.25, 0.3) is 5.91 Å². The maximum atomic E-state index is 14.4. The molecule has 4 rings (SSSR count). The van der Waals surface area contributed by atoms with Gasteiger partial charge in [0, 0.05) is 44.0 Å². The second-order valence-corrected chi connectivity index (χ2v) is 14.8. The van der Waals surface area contributed by atoms with Gasteiger partial charge in [-0.3, -0.25) is 4.79 Å². The Morgan fingerprint density at radius 2 is 1.59 bits per heavy atom. The second kappa shape index (κ2) is 18.2. The minimum Gasteiger partial charge on any atom is -0.497 e. The van der Waals surface area contributed by atoms with Crippen LogP contribution < -0.4 is 24.8 Å². The number of amides is 3. The van der Waals surface area contributed by atoms with E-state index in [0.717, 1.165) is 12.8 Å². The number of methoxy groups -OCH3 is 2. The van der Waals surface area contributed by atoms with Crippen molar-refractivity contribution in [3.8, 4) is 17.2 Å². The molecular weight excluding hydrogens is 676 g/mol. The molecule has 0 fully saturated rings. The molecule has 3 aromatic rings. The Bertz CT molecular complexity index is 1700. The first-order valence-electron chi connectivity index (χ1n) is 17.0. The third-order valence-electron chi connectivity index (χ3n) is 8.86. The Hall–Kier alpha value is -4.37. The zero-order valence-electron chi connectivity index (χ0n) is 30.1. The predicted octanol–water partition coefficient (Wildman–Crippen LogP) is 5.46. The van der Waals surface area contributed by atoms with E-state index in [-0.39, 0.29) is 42.2 Å². The lowest BCUT2D eigenvalue weighted by molar-refractivity contribution is -0.00834. The number of carbonyl (C=O) groups is 2. The molecule has 3 N–H and O–H groups in total. The maximum absolute atomic E-state index is 14.4. The van der Waals surface area contributed by atoms with E-state index < -0.39 is 34.1 Å². The molecule has 1 aliphatic rings. The summed E-state index contributed by atoms with van der Waals surface area (Å²) < 4.78 is 51.3. The zero-order chi connectivity index (χ0) is 37.1. The molecule has 0 spiro atoms. The fraction of sp³-hybridized carbons (Fsp3) is 0.459. The molecule has 0 saturated carbocycles. The smallest absolute Gasteiger partial charge is 0.323 e.